The van der Waals surface area contributed by atoms with Crippen LogP contribution in [-0.4, -0.2) is 35.3 Å². The fourth-order valence-electron chi connectivity index (χ4n) is 3.04. The van der Waals surface area contributed by atoms with E-state index in [9.17, 15) is 17.6 Å². The predicted molar refractivity (Wildman–Crippen MR) is 110 cm³/mol. The third kappa shape index (κ3) is 3.92. The Labute approximate surface area is 172 Å². The van der Waals surface area contributed by atoms with E-state index in [-0.39, 0.29) is 23.2 Å². The van der Waals surface area contributed by atoms with Crippen molar-refractivity contribution >= 4 is 26.6 Å². The molecular formula is C21H17FN4O3S. The van der Waals surface area contributed by atoms with E-state index in [1.807, 2.05) is 0 Å². The number of carbonyl (C=O) groups excluding carboxylic acids is 1. The third-order valence-corrected chi connectivity index (χ3v) is 5.75. The molecule has 0 saturated heterocycles. The second-order valence-electron chi connectivity index (χ2n) is 6.75. The molecule has 1 amide bonds. The summed E-state index contributed by atoms with van der Waals surface area (Å²) in [6.07, 6.45) is 5.76. The van der Waals surface area contributed by atoms with Crippen LogP contribution in [0.2, 0.25) is 0 Å². The smallest absolute Gasteiger partial charge is 0.253 e. The molecular weight excluding hydrogens is 407 g/mol. The molecule has 2 heterocycles. The van der Waals surface area contributed by atoms with E-state index in [1.165, 1.54) is 30.5 Å². The summed E-state index contributed by atoms with van der Waals surface area (Å²) in [5.74, 6) is -0.683. The van der Waals surface area contributed by atoms with Crippen molar-refractivity contribution in [2.75, 3.05) is 6.26 Å². The molecule has 7 nitrogen and oxygen atoms in total. The lowest BCUT2D eigenvalue weighted by Crippen LogP contribution is -2.23. The molecule has 4 aromatic rings. The first kappa shape index (κ1) is 19.7. The highest BCUT2D eigenvalue weighted by Gasteiger charge is 2.15. The molecule has 0 atom stereocenters. The maximum Gasteiger partial charge on any atom is 0.253 e. The van der Waals surface area contributed by atoms with Gasteiger partial charge in [0.1, 0.15) is 5.82 Å². The summed E-state index contributed by atoms with van der Waals surface area (Å²) in [6, 6.07) is 12.2. The van der Waals surface area contributed by atoms with Gasteiger partial charge >= 0.3 is 0 Å². The number of halogens is 1. The van der Waals surface area contributed by atoms with Crippen LogP contribution in [0.3, 0.4) is 0 Å². The van der Waals surface area contributed by atoms with Crippen LogP contribution < -0.4 is 5.32 Å². The highest BCUT2D eigenvalue weighted by atomic mass is 32.2. The predicted octanol–water partition coefficient (Wildman–Crippen LogP) is 2.89. The molecule has 0 unspecified atom stereocenters. The van der Waals surface area contributed by atoms with E-state index in [1.54, 1.807) is 41.3 Å². The van der Waals surface area contributed by atoms with Crippen molar-refractivity contribution < 1.29 is 17.6 Å². The van der Waals surface area contributed by atoms with Gasteiger partial charge in [-0.2, -0.15) is 5.10 Å². The average Bonchev–Trinajstić information content (AvgIpc) is 3.16. The number of carbonyl (C=O) groups is 1. The summed E-state index contributed by atoms with van der Waals surface area (Å²) < 4.78 is 37.9. The average molecular weight is 424 g/mol. The highest BCUT2D eigenvalue weighted by molar-refractivity contribution is 7.90. The van der Waals surface area contributed by atoms with Gasteiger partial charge < -0.3 is 5.32 Å². The standard InChI is InChI=1S/C21H17FN4O3S/c1-30(28,29)17-8-2-14(3-9-17)10-24-21(27)19-11-23-13-20-18(19)12-25-26(20)16-6-4-15(22)5-7-16/h2-9,11-13H,10H2,1H3,(H,24,27). The Morgan fingerprint density at radius 3 is 2.40 bits per heavy atom. The summed E-state index contributed by atoms with van der Waals surface area (Å²) in [6.45, 7) is 0.228. The van der Waals surface area contributed by atoms with Crippen molar-refractivity contribution in [2.45, 2.75) is 11.4 Å². The van der Waals surface area contributed by atoms with E-state index in [0.717, 1.165) is 11.8 Å². The van der Waals surface area contributed by atoms with Crippen molar-refractivity contribution in [3.05, 3.63) is 84.1 Å². The van der Waals surface area contributed by atoms with Gasteiger partial charge in [0.2, 0.25) is 0 Å². The van der Waals surface area contributed by atoms with Gasteiger partial charge in [-0.1, -0.05) is 12.1 Å². The first-order valence-corrected chi connectivity index (χ1v) is 10.9. The number of hydrogen-bond donors (Lipinski definition) is 1. The molecule has 1 N–H and O–H groups in total. The molecule has 0 saturated carbocycles. The topological polar surface area (TPSA) is 93.9 Å². The normalized spacial score (nSPS) is 11.5. The van der Waals surface area contributed by atoms with Gasteiger partial charge in [0.25, 0.3) is 5.91 Å². The van der Waals surface area contributed by atoms with Crippen molar-refractivity contribution in [1.29, 1.82) is 0 Å². The second kappa shape index (κ2) is 7.68. The molecule has 0 spiro atoms. The van der Waals surface area contributed by atoms with Gasteiger partial charge in [-0.15, -0.1) is 0 Å². The van der Waals surface area contributed by atoms with Gasteiger partial charge in [0, 0.05) is 24.4 Å². The fourth-order valence-corrected chi connectivity index (χ4v) is 3.67. The molecule has 152 valence electrons. The monoisotopic (exact) mass is 424 g/mol. The van der Waals surface area contributed by atoms with E-state index < -0.39 is 9.84 Å². The number of nitrogens with one attached hydrogen (secondary N) is 1. The zero-order valence-corrected chi connectivity index (χ0v) is 16.7. The van der Waals surface area contributed by atoms with E-state index in [0.29, 0.717) is 22.2 Å². The van der Waals surface area contributed by atoms with Crippen LogP contribution >= 0.6 is 0 Å². The minimum absolute atomic E-state index is 0.222. The number of nitrogens with zero attached hydrogens (tertiary/aromatic N) is 3. The number of fused-ring (bicyclic) bond motifs is 1. The molecule has 2 aromatic carbocycles. The number of pyridine rings is 1. The fraction of sp³-hybridized carbons (Fsp3) is 0.0952. The molecule has 0 aliphatic carbocycles. The lowest BCUT2D eigenvalue weighted by atomic mass is 10.1. The van der Waals surface area contributed by atoms with Crippen LogP contribution in [0, 0.1) is 5.82 Å². The number of amides is 1. The van der Waals surface area contributed by atoms with Crippen LogP contribution in [0.5, 0.6) is 0 Å². The molecule has 4 rings (SSSR count). The van der Waals surface area contributed by atoms with Crippen LogP contribution in [-0.2, 0) is 16.4 Å². The minimum atomic E-state index is -3.27. The molecule has 0 radical (unpaired) electrons. The molecule has 0 bridgehead atoms. The molecule has 9 heteroatoms. The largest absolute Gasteiger partial charge is 0.348 e. The van der Waals surface area contributed by atoms with E-state index in [2.05, 4.69) is 15.4 Å². The van der Waals surface area contributed by atoms with Gasteiger partial charge in [-0.05, 0) is 42.0 Å². The van der Waals surface area contributed by atoms with Gasteiger partial charge in [-0.25, -0.2) is 17.5 Å². The maximum atomic E-state index is 13.2. The van der Waals surface area contributed by atoms with Crippen molar-refractivity contribution in [3.63, 3.8) is 0 Å². The molecule has 0 aliphatic rings. The van der Waals surface area contributed by atoms with Gasteiger partial charge in [0.05, 0.1) is 34.1 Å². The quantitative estimate of drug-likeness (QED) is 0.532. The Balaban J connectivity index is 1.56. The number of sulfone groups is 1. The zero-order valence-electron chi connectivity index (χ0n) is 15.9. The Kier molecular flexibility index (Phi) is 5.04. The maximum absolute atomic E-state index is 13.2. The SMILES string of the molecule is CS(=O)(=O)c1ccc(CNC(=O)c2cncc3c2cnn3-c2ccc(F)cc2)cc1. The van der Waals surface area contributed by atoms with Crippen molar-refractivity contribution in [3.8, 4) is 5.69 Å². The van der Waals surface area contributed by atoms with Crippen LogP contribution in [0.25, 0.3) is 16.6 Å². The summed E-state index contributed by atoms with van der Waals surface area (Å²) in [4.78, 5) is 17.1. The second-order valence-corrected chi connectivity index (χ2v) is 8.77. The molecule has 30 heavy (non-hydrogen) atoms. The number of rotatable bonds is 5. The summed E-state index contributed by atoms with van der Waals surface area (Å²) in [5.41, 5.74) is 2.38. The molecule has 0 fully saturated rings. The minimum Gasteiger partial charge on any atom is -0.348 e. The number of hydrogen-bond acceptors (Lipinski definition) is 5. The Morgan fingerprint density at radius 2 is 1.73 bits per heavy atom. The highest BCUT2D eigenvalue weighted by Crippen LogP contribution is 2.21. The van der Waals surface area contributed by atoms with E-state index >= 15 is 0 Å². The summed E-state index contributed by atoms with van der Waals surface area (Å²) >= 11 is 0. The first-order chi connectivity index (χ1) is 14.3. The lowest BCUT2D eigenvalue weighted by Gasteiger charge is -2.08. The van der Waals surface area contributed by atoms with E-state index in [4.69, 9.17) is 0 Å². The summed E-state index contributed by atoms with van der Waals surface area (Å²) in [7, 11) is -3.27. The first-order valence-electron chi connectivity index (χ1n) is 8.98. The zero-order chi connectivity index (χ0) is 21.3. The number of benzene rings is 2. The van der Waals surface area contributed by atoms with Crippen molar-refractivity contribution in [2.24, 2.45) is 0 Å². The van der Waals surface area contributed by atoms with Crippen LogP contribution in [0.1, 0.15) is 15.9 Å². The van der Waals surface area contributed by atoms with Crippen LogP contribution in [0.4, 0.5) is 4.39 Å². The lowest BCUT2D eigenvalue weighted by molar-refractivity contribution is 0.0952. The van der Waals surface area contributed by atoms with Gasteiger partial charge in [-0.3, -0.25) is 9.78 Å². The Morgan fingerprint density at radius 1 is 1.03 bits per heavy atom. The molecule has 2 aromatic heterocycles. The van der Waals surface area contributed by atoms with Crippen molar-refractivity contribution in [1.82, 2.24) is 20.1 Å². The number of aromatic nitrogens is 3. The third-order valence-electron chi connectivity index (χ3n) is 4.62. The van der Waals surface area contributed by atoms with Gasteiger partial charge in [0.15, 0.2) is 9.84 Å². The molecule has 0 aliphatic heterocycles. The van der Waals surface area contributed by atoms with Crippen LogP contribution in [0.15, 0.2) is 72.0 Å². The Hall–Kier alpha value is -3.59. The Bertz CT molecular complexity index is 1330. The summed E-state index contributed by atoms with van der Waals surface area (Å²) in [5, 5.41) is 7.72.